The number of likely N-dealkylation sites (tertiary alicyclic amines) is 1. The molecule has 1 aromatic heterocycles. The fraction of sp³-hybridized carbons (Fsp3) is 0.235. The molecule has 0 saturated carbocycles. The normalized spacial score (nSPS) is 16.9. The largest absolute Gasteiger partial charge is 0.481 e. The maximum atomic E-state index is 12.7. The molecule has 0 radical (unpaired) electrons. The molecule has 1 aliphatic rings. The number of pyridine rings is 1. The van der Waals surface area contributed by atoms with Crippen LogP contribution >= 0.6 is 15.9 Å². The molecule has 0 aliphatic carbocycles. The summed E-state index contributed by atoms with van der Waals surface area (Å²) in [5.41, 5.74) is 0.325. The van der Waals surface area contributed by atoms with Crippen molar-refractivity contribution >= 4 is 27.8 Å². The summed E-state index contributed by atoms with van der Waals surface area (Å²) in [5, 5.41) is 9.08. The van der Waals surface area contributed by atoms with Crippen LogP contribution in [0.4, 0.5) is 0 Å². The van der Waals surface area contributed by atoms with E-state index in [1.807, 2.05) is 12.1 Å². The summed E-state index contributed by atoms with van der Waals surface area (Å²) in [6.45, 7) is 0.628. The van der Waals surface area contributed by atoms with Crippen LogP contribution in [0.15, 0.2) is 47.1 Å². The van der Waals surface area contributed by atoms with Crippen molar-refractivity contribution in [1.29, 1.82) is 0 Å². The molecule has 1 fully saturated rings. The monoisotopic (exact) mass is 390 g/mol. The number of nitrogens with zero attached hydrogens (tertiary/aromatic N) is 2. The summed E-state index contributed by atoms with van der Waals surface area (Å²) in [5.74, 6) is -0.873. The number of hydrogen-bond acceptors (Lipinski definition) is 4. The summed E-state index contributed by atoms with van der Waals surface area (Å²) in [4.78, 5) is 29.4. The van der Waals surface area contributed by atoms with Gasteiger partial charge in [0.15, 0.2) is 0 Å². The summed E-state index contributed by atoms with van der Waals surface area (Å²) >= 11 is 3.35. The molecule has 1 amide bonds. The van der Waals surface area contributed by atoms with Crippen LogP contribution in [0.25, 0.3) is 0 Å². The Labute approximate surface area is 147 Å². The molecule has 0 spiro atoms. The van der Waals surface area contributed by atoms with Gasteiger partial charge in [-0.05, 0) is 42.8 Å². The molecule has 1 aliphatic heterocycles. The number of amides is 1. The molecular weight excluding hydrogens is 376 g/mol. The maximum absolute atomic E-state index is 12.7. The van der Waals surface area contributed by atoms with Crippen LogP contribution in [0.2, 0.25) is 0 Å². The first kappa shape index (κ1) is 16.4. The summed E-state index contributed by atoms with van der Waals surface area (Å²) in [6, 6.07) is 10.5. The average Bonchev–Trinajstić information content (AvgIpc) is 3.07. The van der Waals surface area contributed by atoms with Gasteiger partial charge in [0.05, 0.1) is 5.92 Å². The summed E-state index contributed by atoms with van der Waals surface area (Å²) in [7, 11) is 0. The van der Waals surface area contributed by atoms with Gasteiger partial charge in [0.1, 0.15) is 11.3 Å². The number of aromatic nitrogens is 1. The molecule has 7 heteroatoms. The van der Waals surface area contributed by atoms with Gasteiger partial charge in [-0.1, -0.05) is 15.9 Å². The molecule has 6 nitrogen and oxygen atoms in total. The van der Waals surface area contributed by atoms with Crippen LogP contribution in [-0.4, -0.2) is 40.0 Å². The Hall–Kier alpha value is -2.41. The van der Waals surface area contributed by atoms with Crippen LogP contribution in [0.3, 0.4) is 0 Å². The first-order valence-corrected chi connectivity index (χ1v) is 8.24. The zero-order chi connectivity index (χ0) is 17.1. The zero-order valence-electron chi connectivity index (χ0n) is 12.7. The number of carbonyl (C=O) groups excluding carboxylic acids is 1. The Morgan fingerprint density at radius 3 is 2.67 bits per heavy atom. The number of rotatable bonds is 4. The van der Waals surface area contributed by atoms with Gasteiger partial charge in [0.25, 0.3) is 5.91 Å². The summed E-state index contributed by atoms with van der Waals surface area (Å²) < 4.78 is 6.64. The molecule has 24 heavy (non-hydrogen) atoms. The molecule has 124 valence electrons. The second kappa shape index (κ2) is 7.00. The lowest BCUT2D eigenvalue weighted by Gasteiger charge is -2.17. The van der Waals surface area contributed by atoms with E-state index in [-0.39, 0.29) is 18.3 Å². The Balaban J connectivity index is 1.80. The van der Waals surface area contributed by atoms with Crippen molar-refractivity contribution in [3.05, 3.63) is 52.6 Å². The van der Waals surface area contributed by atoms with Crippen molar-refractivity contribution in [2.75, 3.05) is 13.1 Å². The van der Waals surface area contributed by atoms with Crippen molar-refractivity contribution in [3.8, 4) is 11.6 Å². The van der Waals surface area contributed by atoms with Crippen LogP contribution in [0.1, 0.15) is 16.8 Å². The standard InChI is InChI=1S/C17H15BrN2O4/c18-12-3-5-13(6-4-12)24-15-14(2-1-8-19-15)16(21)20-9-7-11(10-20)17(22)23/h1-6,8,11H,7,9-10H2,(H,22,23)/t11-/m1/s1. The van der Waals surface area contributed by atoms with Gasteiger partial charge < -0.3 is 14.7 Å². The highest BCUT2D eigenvalue weighted by molar-refractivity contribution is 9.10. The lowest BCUT2D eigenvalue weighted by atomic mass is 10.1. The molecular formula is C17H15BrN2O4. The molecule has 0 unspecified atom stereocenters. The van der Waals surface area contributed by atoms with E-state index in [1.54, 1.807) is 30.5 Å². The second-order valence-electron chi connectivity index (χ2n) is 5.49. The van der Waals surface area contributed by atoms with Gasteiger partial charge in [-0.2, -0.15) is 0 Å². The van der Waals surface area contributed by atoms with Crippen molar-refractivity contribution in [2.24, 2.45) is 5.92 Å². The number of carbonyl (C=O) groups is 2. The van der Waals surface area contributed by atoms with E-state index in [0.29, 0.717) is 24.3 Å². The first-order chi connectivity index (χ1) is 11.5. The molecule has 1 N–H and O–H groups in total. The quantitative estimate of drug-likeness (QED) is 0.866. The van der Waals surface area contributed by atoms with Crippen LogP contribution in [0.5, 0.6) is 11.6 Å². The fourth-order valence-corrected chi connectivity index (χ4v) is 2.83. The molecule has 2 heterocycles. The maximum Gasteiger partial charge on any atom is 0.308 e. The molecule has 0 bridgehead atoms. The molecule has 2 aromatic rings. The predicted molar refractivity (Wildman–Crippen MR) is 90.1 cm³/mol. The number of carboxylic acids is 1. The van der Waals surface area contributed by atoms with Gasteiger partial charge in [-0.25, -0.2) is 4.98 Å². The lowest BCUT2D eigenvalue weighted by Crippen LogP contribution is -2.30. The molecule has 1 atom stereocenters. The lowest BCUT2D eigenvalue weighted by molar-refractivity contribution is -0.141. The van der Waals surface area contributed by atoms with E-state index in [2.05, 4.69) is 20.9 Å². The van der Waals surface area contributed by atoms with Gasteiger partial charge in [0, 0.05) is 23.8 Å². The zero-order valence-corrected chi connectivity index (χ0v) is 14.3. The third-order valence-electron chi connectivity index (χ3n) is 3.85. The Morgan fingerprint density at radius 1 is 1.25 bits per heavy atom. The van der Waals surface area contributed by atoms with E-state index >= 15 is 0 Å². The molecule has 3 rings (SSSR count). The third-order valence-corrected chi connectivity index (χ3v) is 4.38. The van der Waals surface area contributed by atoms with Gasteiger partial charge in [-0.15, -0.1) is 0 Å². The van der Waals surface area contributed by atoms with Crippen molar-refractivity contribution < 1.29 is 19.4 Å². The Kier molecular flexibility index (Phi) is 4.80. The van der Waals surface area contributed by atoms with E-state index in [9.17, 15) is 9.59 Å². The highest BCUT2D eigenvalue weighted by Gasteiger charge is 2.32. The number of carboxylic acid groups (broad SMARTS) is 1. The number of ether oxygens (including phenoxy) is 1. The molecule has 1 saturated heterocycles. The van der Waals surface area contributed by atoms with Crippen LogP contribution < -0.4 is 4.74 Å². The van der Waals surface area contributed by atoms with Crippen molar-refractivity contribution in [1.82, 2.24) is 9.88 Å². The van der Waals surface area contributed by atoms with E-state index in [4.69, 9.17) is 9.84 Å². The van der Waals surface area contributed by atoms with Crippen molar-refractivity contribution in [3.63, 3.8) is 0 Å². The minimum absolute atomic E-state index is 0.209. The number of benzene rings is 1. The first-order valence-electron chi connectivity index (χ1n) is 7.45. The highest BCUT2D eigenvalue weighted by atomic mass is 79.9. The SMILES string of the molecule is O=C(O)[C@@H]1CCN(C(=O)c2cccnc2Oc2ccc(Br)cc2)C1. The van der Waals surface area contributed by atoms with E-state index < -0.39 is 11.9 Å². The third kappa shape index (κ3) is 3.56. The van der Waals surface area contributed by atoms with Crippen LogP contribution in [0, 0.1) is 5.92 Å². The van der Waals surface area contributed by atoms with Gasteiger partial charge >= 0.3 is 5.97 Å². The van der Waals surface area contributed by atoms with Gasteiger partial charge in [0.2, 0.25) is 5.88 Å². The Bertz CT molecular complexity index is 763. The van der Waals surface area contributed by atoms with E-state index in [0.717, 1.165) is 4.47 Å². The second-order valence-corrected chi connectivity index (χ2v) is 6.40. The average molecular weight is 391 g/mol. The topological polar surface area (TPSA) is 79.7 Å². The smallest absolute Gasteiger partial charge is 0.308 e. The molecule has 1 aromatic carbocycles. The minimum atomic E-state index is -0.872. The van der Waals surface area contributed by atoms with Crippen LogP contribution in [-0.2, 0) is 4.79 Å². The van der Waals surface area contributed by atoms with Crippen molar-refractivity contribution in [2.45, 2.75) is 6.42 Å². The van der Waals surface area contributed by atoms with Gasteiger partial charge in [-0.3, -0.25) is 9.59 Å². The number of aliphatic carboxylic acids is 1. The Morgan fingerprint density at radius 2 is 2.00 bits per heavy atom. The fourth-order valence-electron chi connectivity index (χ4n) is 2.57. The number of hydrogen-bond donors (Lipinski definition) is 1. The highest BCUT2D eigenvalue weighted by Crippen LogP contribution is 2.27. The number of halogens is 1. The summed E-state index contributed by atoms with van der Waals surface area (Å²) in [6.07, 6.45) is 2.01. The predicted octanol–water partition coefficient (Wildman–Crippen LogP) is 3.18. The van der Waals surface area contributed by atoms with E-state index in [1.165, 1.54) is 4.90 Å². The minimum Gasteiger partial charge on any atom is -0.481 e.